The van der Waals surface area contributed by atoms with Crippen LogP contribution in [0.1, 0.15) is 42.0 Å². The summed E-state index contributed by atoms with van der Waals surface area (Å²) in [7, 11) is 0. The fourth-order valence-corrected chi connectivity index (χ4v) is 4.92. The number of hydrogen-bond donors (Lipinski definition) is 1. The minimum absolute atomic E-state index is 0.341. The number of pyridine rings is 1. The maximum Gasteiger partial charge on any atom is 0.222 e. The zero-order valence-electron chi connectivity index (χ0n) is 20.7. The quantitative estimate of drug-likeness (QED) is 0.432. The van der Waals surface area contributed by atoms with Crippen LogP contribution < -0.4 is 0 Å². The van der Waals surface area contributed by atoms with Gasteiger partial charge in [-0.15, -0.1) is 0 Å². The van der Waals surface area contributed by atoms with Crippen LogP contribution in [-0.4, -0.2) is 66.8 Å². The summed E-state index contributed by atoms with van der Waals surface area (Å²) in [4.78, 5) is 38.3. The Kier molecular flexibility index (Phi) is 6.19. The molecule has 0 bridgehead atoms. The third kappa shape index (κ3) is 5.28. The van der Waals surface area contributed by atoms with Gasteiger partial charge in [0, 0.05) is 68.7 Å². The number of benzene rings is 1. The van der Waals surface area contributed by atoms with Crippen molar-refractivity contribution in [2.45, 2.75) is 39.2 Å². The van der Waals surface area contributed by atoms with Crippen LogP contribution in [0.25, 0.3) is 22.3 Å². The summed E-state index contributed by atoms with van der Waals surface area (Å²) >= 11 is 0. The number of H-pyrrole nitrogens is 1. The average molecular weight is 482 g/mol. The molecule has 2 aliphatic rings. The van der Waals surface area contributed by atoms with Gasteiger partial charge in [-0.2, -0.15) is 0 Å². The van der Waals surface area contributed by atoms with E-state index < -0.39 is 0 Å². The fourth-order valence-electron chi connectivity index (χ4n) is 4.92. The van der Waals surface area contributed by atoms with E-state index in [1.807, 2.05) is 36.2 Å². The SMILES string of the molecule is Cc1cc(-c2ccc3nc(Cc4cc(CN5CCN(C(=O)CC6CC6)CC5)ccn4)[nH]c3c2)ncn1. The van der Waals surface area contributed by atoms with Gasteiger partial charge in [-0.25, -0.2) is 15.0 Å². The molecule has 1 aliphatic carbocycles. The zero-order chi connectivity index (χ0) is 24.5. The van der Waals surface area contributed by atoms with E-state index in [1.54, 1.807) is 6.33 Å². The molecule has 1 amide bonds. The molecule has 1 saturated carbocycles. The first-order chi connectivity index (χ1) is 17.6. The van der Waals surface area contributed by atoms with E-state index in [4.69, 9.17) is 4.98 Å². The lowest BCUT2D eigenvalue weighted by molar-refractivity contribution is -0.133. The molecule has 8 nitrogen and oxygen atoms in total. The number of rotatable bonds is 7. The van der Waals surface area contributed by atoms with Gasteiger partial charge in [-0.1, -0.05) is 6.07 Å². The third-order valence-electron chi connectivity index (χ3n) is 7.15. The van der Waals surface area contributed by atoms with Gasteiger partial charge in [0.2, 0.25) is 5.91 Å². The number of hydrogen-bond acceptors (Lipinski definition) is 6. The molecule has 6 rings (SSSR count). The van der Waals surface area contributed by atoms with Crippen molar-refractivity contribution in [3.05, 3.63) is 71.7 Å². The van der Waals surface area contributed by atoms with Gasteiger partial charge < -0.3 is 9.88 Å². The minimum Gasteiger partial charge on any atom is -0.342 e. The molecular weight excluding hydrogens is 450 g/mol. The van der Waals surface area contributed by atoms with Crippen LogP contribution in [0.15, 0.2) is 48.9 Å². The van der Waals surface area contributed by atoms with Crippen molar-refractivity contribution >= 4 is 16.9 Å². The van der Waals surface area contributed by atoms with E-state index >= 15 is 0 Å². The number of carbonyl (C=O) groups is 1. The molecule has 1 saturated heterocycles. The second-order valence-electron chi connectivity index (χ2n) is 10.1. The van der Waals surface area contributed by atoms with Crippen molar-refractivity contribution in [1.82, 2.24) is 34.7 Å². The summed E-state index contributed by atoms with van der Waals surface area (Å²) in [6.45, 7) is 6.35. The van der Waals surface area contributed by atoms with Gasteiger partial charge in [0.05, 0.1) is 16.7 Å². The number of nitrogens with one attached hydrogen (secondary N) is 1. The van der Waals surface area contributed by atoms with Crippen LogP contribution in [0.5, 0.6) is 0 Å². The van der Waals surface area contributed by atoms with E-state index in [9.17, 15) is 4.79 Å². The molecule has 8 heteroatoms. The number of aryl methyl sites for hydroxylation is 1. The second-order valence-corrected chi connectivity index (χ2v) is 10.1. The highest BCUT2D eigenvalue weighted by Crippen LogP contribution is 2.33. The topological polar surface area (TPSA) is 90.9 Å². The van der Waals surface area contributed by atoms with E-state index in [1.165, 1.54) is 18.4 Å². The van der Waals surface area contributed by atoms with Crippen molar-refractivity contribution in [3.63, 3.8) is 0 Å². The highest BCUT2D eigenvalue weighted by Gasteiger charge is 2.28. The molecule has 4 heterocycles. The highest BCUT2D eigenvalue weighted by atomic mass is 16.2. The van der Waals surface area contributed by atoms with Crippen LogP contribution in [-0.2, 0) is 17.8 Å². The van der Waals surface area contributed by atoms with Gasteiger partial charge in [-0.3, -0.25) is 14.7 Å². The number of carbonyl (C=O) groups excluding carboxylic acids is 1. The zero-order valence-corrected chi connectivity index (χ0v) is 20.7. The van der Waals surface area contributed by atoms with E-state index in [0.29, 0.717) is 18.2 Å². The summed E-state index contributed by atoms with van der Waals surface area (Å²) in [6.07, 6.45) is 7.34. The maximum atomic E-state index is 12.4. The Balaban J connectivity index is 1.09. The van der Waals surface area contributed by atoms with Crippen molar-refractivity contribution in [2.24, 2.45) is 5.92 Å². The highest BCUT2D eigenvalue weighted by molar-refractivity contribution is 5.81. The van der Waals surface area contributed by atoms with Crippen LogP contribution in [0.3, 0.4) is 0 Å². The van der Waals surface area contributed by atoms with Crippen LogP contribution in [0, 0.1) is 12.8 Å². The summed E-state index contributed by atoms with van der Waals surface area (Å²) in [5.41, 5.74) is 7.06. The second kappa shape index (κ2) is 9.78. The van der Waals surface area contributed by atoms with Gasteiger partial charge in [-0.05, 0) is 61.6 Å². The number of nitrogens with zero attached hydrogens (tertiary/aromatic N) is 6. The molecular formula is C28H31N7O. The lowest BCUT2D eigenvalue weighted by Gasteiger charge is -2.35. The van der Waals surface area contributed by atoms with Crippen molar-refractivity contribution in [1.29, 1.82) is 0 Å². The molecule has 3 aromatic heterocycles. The molecule has 0 atom stereocenters. The monoisotopic (exact) mass is 481 g/mol. The van der Waals surface area contributed by atoms with Gasteiger partial charge in [0.1, 0.15) is 12.2 Å². The summed E-state index contributed by atoms with van der Waals surface area (Å²) < 4.78 is 0. The molecule has 1 aliphatic heterocycles. The third-order valence-corrected chi connectivity index (χ3v) is 7.15. The fraction of sp³-hybridized carbons (Fsp3) is 0.393. The normalized spacial score (nSPS) is 16.5. The Hall–Kier alpha value is -3.65. The van der Waals surface area contributed by atoms with Gasteiger partial charge >= 0.3 is 0 Å². The molecule has 1 N–H and O–H groups in total. The first kappa shape index (κ1) is 22.8. The number of imidazole rings is 1. The summed E-state index contributed by atoms with van der Waals surface area (Å²) in [6, 6.07) is 12.4. The lowest BCUT2D eigenvalue weighted by atomic mass is 10.1. The summed E-state index contributed by atoms with van der Waals surface area (Å²) in [5.74, 6) is 1.89. The molecule has 1 aromatic carbocycles. The number of fused-ring (bicyclic) bond motifs is 1. The number of piperazine rings is 1. The number of amides is 1. The molecule has 0 unspecified atom stereocenters. The largest absolute Gasteiger partial charge is 0.342 e. The summed E-state index contributed by atoms with van der Waals surface area (Å²) in [5, 5.41) is 0. The Labute approximate surface area is 210 Å². The smallest absolute Gasteiger partial charge is 0.222 e. The van der Waals surface area contributed by atoms with Crippen molar-refractivity contribution in [3.8, 4) is 11.3 Å². The Bertz CT molecular complexity index is 1390. The predicted molar refractivity (Wildman–Crippen MR) is 138 cm³/mol. The Morgan fingerprint density at radius 2 is 1.89 bits per heavy atom. The first-order valence-electron chi connectivity index (χ1n) is 12.8. The van der Waals surface area contributed by atoms with Gasteiger partial charge in [0.15, 0.2) is 0 Å². The van der Waals surface area contributed by atoms with Crippen LogP contribution in [0.4, 0.5) is 0 Å². The van der Waals surface area contributed by atoms with Crippen molar-refractivity contribution in [2.75, 3.05) is 26.2 Å². The first-order valence-corrected chi connectivity index (χ1v) is 12.8. The molecule has 2 fully saturated rings. The minimum atomic E-state index is 0.341. The van der Waals surface area contributed by atoms with Gasteiger partial charge in [0.25, 0.3) is 0 Å². The Morgan fingerprint density at radius 1 is 1.03 bits per heavy atom. The predicted octanol–water partition coefficient (Wildman–Crippen LogP) is 3.76. The molecule has 36 heavy (non-hydrogen) atoms. The molecule has 0 spiro atoms. The van der Waals surface area contributed by atoms with Crippen molar-refractivity contribution < 1.29 is 4.79 Å². The average Bonchev–Trinajstić information content (AvgIpc) is 3.60. The number of aromatic amines is 1. The van der Waals surface area contributed by atoms with E-state index in [0.717, 1.165) is 78.6 Å². The lowest BCUT2D eigenvalue weighted by Crippen LogP contribution is -2.48. The standard InChI is InChI=1S/C28H31N7O/c1-19-12-25(31-18-30-19)22-4-5-24-26(15-22)33-27(32-24)16-23-13-21(6-7-29-23)17-34-8-10-35(11-9-34)28(36)14-20-2-3-20/h4-7,12-13,15,18,20H,2-3,8-11,14,16-17H2,1H3,(H,32,33). The molecule has 4 aromatic rings. The molecule has 184 valence electrons. The maximum absolute atomic E-state index is 12.4. The van der Waals surface area contributed by atoms with Crippen LogP contribution >= 0.6 is 0 Å². The van der Waals surface area contributed by atoms with Crippen LogP contribution in [0.2, 0.25) is 0 Å². The van der Waals surface area contributed by atoms with E-state index in [-0.39, 0.29) is 0 Å². The molecule has 0 radical (unpaired) electrons. The number of aromatic nitrogens is 5. The van der Waals surface area contributed by atoms with E-state index in [2.05, 4.69) is 43.0 Å². The Morgan fingerprint density at radius 3 is 2.69 bits per heavy atom.